The fraction of sp³-hybridized carbons (Fsp3) is 0.174. The lowest BCUT2D eigenvalue weighted by molar-refractivity contribution is 0.0744. The van der Waals surface area contributed by atoms with Crippen LogP contribution < -0.4 is 4.31 Å². The maximum Gasteiger partial charge on any atom is 0.266 e. The van der Waals surface area contributed by atoms with Gasteiger partial charge in [0.2, 0.25) is 0 Å². The van der Waals surface area contributed by atoms with Crippen LogP contribution in [-0.2, 0) is 10.0 Å². The maximum atomic E-state index is 13.5. The van der Waals surface area contributed by atoms with Crippen molar-refractivity contribution in [3.8, 4) is 0 Å². The zero-order valence-corrected chi connectivity index (χ0v) is 19.6. The molecule has 0 aliphatic rings. The van der Waals surface area contributed by atoms with Crippen LogP contribution in [0.15, 0.2) is 83.6 Å². The van der Waals surface area contributed by atoms with Crippen molar-refractivity contribution in [1.82, 2.24) is 4.90 Å². The minimum atomic E-state index is -4.03. The molecule has 3 rings (SSSR count). The van der Waals surface area contributed by atoms with Crippen LogP contribution in [0.1, 0.15) is 28.2 Å². The Morgan fingerprint density at radius 3 is 2.48 bits per heavy atom. The molecule has 162 valence electrons. The molecule has 0 saturated carbocycles. The van der Waals surface area contributed by atoms with E-state index < -0.39 is 10.0 Å². The number of thiophene rings is 1. The number of carbonyl (C=O) groups excluding carboxylic acids is 1. The van der Waals surface area contributed by atoms with Gasteiger partial charge in [-0.05, 0) is 48.7 Å². The van der Waals surface area contributed by atoms with Gasteiger partial charge in [0.25, 0.3) is 15.9 Å². The molecule has 0 saturated heterocycles. The summed E-state index contributed by atoms with van der Waals surface area (Å²) in [5.74, 6) is -0.288. The predicted octanol–water partition coefficient (Wildman–Crippen LogP) is 5.62. The van der Waals surface area contributed by atoms with E-state index in [-0.39, 0.29) is 34.0 Å². The lowest BCUT2D eigenvalue weighted by Gasteiger charge is -2.26. The first-order chi connectivity index (χ1) is 14.8. The van der Waals surface area contributed by atoms with Crippen molar-refractivity contribution in [3.63, 3.8) is 0 Å². The molecule has 1 unspecified atom stereocenters. The van der Waals surface area contributed by atoms with E-state index in [9.17, 15) is 13.2 Å². The molecule has 1 atom stereocenters. The lowest BCUT2D eigenvalue weighted by Crippen LogP contribution is -2.32. The van der Waals surface area contributed by atoms with Gasteiger partial charge in [0.05, 0.1) is 23.3 Å². The van der Waals surface area contributed by atoms with Crippen LogP contribution in [0.4, 0.5) is 5.69 Å². The maximum absolute atomic E-state index is 13.5. The summed E-state index contributed by atoms with van der Waals surface area (Å²) in [5.41, 5.74) is 0.735. The van der Waals surface area contributed by atoms with E-state index in [1.54, 1.807) is 59.7 Å². The van der Waals surface area contributed by atoms with Gasteiger partial charge in [-0.15, -0.1) is 17.9 Å². The van der Waals surface area contributed by atoms with Crippen LogP contribution in [0.3, 0.4) is 0 Å². The van der Waals surface area contributed by atoms with E-state index in [2.05, 4.69) is 6.58 Å². The molecule has 0 aliphatic heterocycles. The summed E-state index contributed by atoms with van der Waals surface area (Å²) in [4.78, 5) is 15.6. The molecule has 8 heteroatoms. The van der Waals surface area contributed by atoms with E-state index in [0.29, 0.717) is 5.69 Å². The fourth-order valence-corrected chi connectivity index (χ4v) is 5.87. The number of halogens is 1. The second-order valence-electron chi connectivity index (χ2n) is 6.91. The second-order valence-corrected chi connectivity index (χ2v) is 10.1. The number of hydrogen-bond donors (Lipinski definition) is 0. The molecular formula is C23H23ClN2O3S2. The third-order valence-electron chi connectivity index (χ3n) is 4.94. The Balaban J connectivity index is 1.99. The van der Waals surface area contributed by atoms with E-state index in [4.69, 9.17) is 11.6 Å². The molecular weight excluding hydrogens is 452 g/mol. The smallest absolute Gasteiger partial charge is 0.266 e. The average Bonchev–Trinajstić information content (AvgIpc) is 3.31. The Labute approximate surface area is 192 Å². The molecule has 2 aromatic carbocycles. The van der Waals surface area contributed by atoms with Crippen LogP contribution in [0.25, 0.3) is 0 Å². The Bertz CT molecular complexity index is 1160. The summed E-state index contributed by atoms with van der Waals surface area (Å²) in [7, 11) is -2.33. The molecule has 1 amide bonds. The van der Waals surface area contributed by atoms with Gasteiger partial charge in [-0.25, -0.2) is 8.42 Å². The monoisotopic (exact) mass is 474 g/mol. The summed E-state index contributed by atoms with van der Waals surface area (Å²) < 4.78 is 28.2. The quantitative estimate of drug-likeness (QED) is 0.398. The second kappa shape index (κ2) is 9.68. The van der Waals surface area contributed by atoms with Gasteiger partial charge in [0.15, 0.2) is 0 Å². The van der Waals surface area contributed by atoms with Crippen LogP contribution in [0.5, 0.6) is 0 Å². The van der Waals surface area contributed by atoms with Crippen molar-refractivity contribution >= 4 is 44.6 Å². The Hall–Kier alpha value is -2.61. The van der Waals surface area contributed by atoms with Gasteiger partial charge in [0.1, 0.15) is 4.90 Å². The van der Waals surface area contributed by atoms with Crippen molar-refractivity contribution in [3.05, 3.63) is 94.2 Å². The molecule has 1 aromatic heterocycles. The number of para-hydroxylation sites is 1. The van der Waals surface area contributed by atoms with Gasteiger partial charge in [0, 0.05) is 17.5 Å². The highest BCUT2D eigenvalue weighted by molar-refractivity contribution is 7.93. The lowest BCUT2D eigenvalue weighted by atomic mass is 10.1. The molecule has 0 spiro atoms. The highest BCUT2D eigenvalue weighted by Crippen LogP contribution is 2.31. The Morgan fingerprint density at radius 2 is 1.87 bits per heavy atom. The normalized spacial score (nSPS) is 12.2. The Morgan fingerprint density at radius 1 is 1.16 bits per heavy atom. The third kappa shape index (κ3) is 4.84. The SMILES string of the molecule is C=CCN(c1ccccc1)S(=O)(=O)c1cc(C(=O)N(C)C(C)c2cccs2)ccc1Cl. The molecule has 0 bridgehead atoms. The number of hydrogen-bond acceptors (Lipinski definition) is 4. The minimum absolute atomic E-state index is 0.0514. The van der Waals surface area contributed by atoms with Gasteiger partial charge in [-0.2, -0.15) is 0 Å². The molecule has 0 N–H and O–H groups in total. The molecule has 31 heavy (non-hydrogen) atoms. The minimum Gasteiger partial charge on any atom is -0.334 e. The predicted molar refractivity (Wildman–Crippen MR) is 127 cm³/mol. The third-order valence-corrected chi connectivity index (χ3v) is 8.26. The molecule has 1 heterocycles. The van der Waals surface area contributed by atoms with Crippen LogP contribution in [-0.4, -0.2) is 32.8 Å². The summed E-state index contributed by atoms with van der Waals surface area (Å²) in [6.45, 7) is 5.66. The highest BCUT2D eigenvalue weighted by Gasteiger charge is 2.28. The van der Waals surface area contributed by atoms with E-state index in [1.165, 1.54) is 22.5 Å². The van der Waals surface area contributed by atoms with Crippen LogP contribution in [0, 0.1) is 0 Å². The van der Waals surface area contributed by atoms with Crippen molar-refractivity contribution < 1.29 is 13.2 Å². The highest BCUT2D eigenvalue weighted by atomic mass is 35.5. The molecule has 0 fully saturated rings. The zero-order valence-electron chi connectivity index (χ0n) is 17.2. The average molecular weight is 475 g/mol. The molecule has 3 aromatic rings. The summed E-state index contributed by atoms with van der Waals surface area (Å²) in [6, 6.07) is 16.8. The largest absolute Gasteiger partial charge is 0.334 e. The number of amides is 1. The number of carbonyl (C=O) groups is 1. The van der Waals surface area contributed by atoms with Crippen molar-refractivity contribution in [2.45, 2.75) is 17.9 Å². The number of anilines is 1. The van der Waals surface area contributed by atoms with Gasteiger partial charge in [-0.1, -0.05) is 41.9 Å². The first kappa shape index (κ1) is 23.1. The zero-order chi connectivity index (χ0) is 22.6. The van der Waals surface area contributed by atoms with Crippen molar-refractivity contribution in [2.24, 2.45) is 0 Å². The van der Waals surface area contributed by atoms with E-state index in [1.807, 2.05) is 24.4 Å². The van der Waals surface area contributed by atoms with Gasteiger partial charge < -0.3 is 4.90 Å². The van der Waals surface area contributed by atoms with Crippen molar-refractivity contribution in [2.75, 3.05) is 17.9 Å². The van der Waals surface area contributed by atoms with Crippen molar-refractivity contribution in [1.29, 1.82) is 0 Å². The number of nitrogens with zero attached hydrogens (tertiary/aromatic N) is 2. The van der Waals surface area contributed by atoms with Crippen LogP contribution in [0.2, 0.25) is 5.02 Å². The summed E-state index contributed by atoms with van der Waals surface area (Å²) in [6.07, 6.45) is 1.50. The molecule has 0 radical (unpaired) electrons. The number of rotatable bonds is 8. The van der Waals surface area contributed by atoms with E-state index >= 15 is 0 Å². The topological polar surface area (TPSA) is 57.7 Å². The van der Waals surface area contributed by atoms with E-state index in [0.717, 1.165) is 4.88 Å². The van der Waals surface area contributed by atoms with Gasteiger partial charge >= 0.3 is 0 Å². The first-order valence-electron chi connectivity index (χ1n) is 9.56. The fourth-order valence-electron chi connectivity index (χ4n) is 3.11. The summed E-state index contributed by atoms with van der Waals surface area (Å²) >= 11 is 7.85. The standard InChI is InChI=1S/C23H23ClN2O3S2/c1-4-14-26(19-9-6-5-7-10-19)31(28,29)22-16-18(12-13-20(22)24)23(27)25(3)17(2)21-11-8-15-30-21/h4-13,15-17H,1,14H2,2-3H3. The Kier molecular flexibility index (Phi) is 7.20. The number of sulfonamides is 1. The first-order valence-corrected chi connectivity index (χ1v) is 12.3. The van der Waals surface area contributed by atoms with Crippen LogP contribution >= 0.6 is 22.9 Å². The molecule has 5 nitrogen and oxygen atoms in total. The number of benzene rings is 2. The van der Waals surface area contributed by atoms with Gasteiger partial charge in [-0.3, -0.25) is 9.10 Å². The summed E-state index contributed by atoms with van der Waals surface area (Å²) in [5, 5.41) is 2.00. The molecule has 0 aliphatic carbocycles.